The lowest BCUT2D eigenvalue weighted by Gasteiger charge is -2.41. The van der Waals surface area contributed by atoms with Crippen LogP contribution in [0.15, 0.2) is 18.2 Å². The van der Waals surface area contributed by atoms with E-state index in [-0.39, 0.29) is 31.1 Å². The lowest BCUT2D eigenvalue weighted by molar-refractivity contribution is -0.150. The zero-order valence-corrected chi connectivity index (χ0v) is 22.2. The molecule has 1 N–H and O–H groups in total. The Morgan fingerprint density at radius 3 is 2.43 bits per heavy atom. The number of carboxylic acid groups (broad SMARTS) is 1. The van der Waals surface area contributed by atoms with E-state index in [4.69, 9.17) is 4.74 Å². The third kappa shape index (κ3) is 5.61. The van der Waals surface area contributed by atoms with E-state index in [9.17, 15) is 27.9 Å². The molecule has 37 heavy (non-hydrogen) atoms. The number of amides is 1. The summed E-state index contributed by atoms with van der Waals surface area (Å²) in [4.78, 5) is 29.5. The topological polar surface area (TPSA) is 70.1 Å². The van der Waals surface area contributed by atoms with Crippen molar-refractivity contribution in [3.8, 4) is 5.75 Å². The van der Waals surface area contributed by atoms with Gasteiger partial charge >= 0.3 is 12.1 Å². The first-order chi connectivity index (χ1) is 17.2. The van der Waals surface area contributed by atoms with Crippen molar-refractivity contribution in [2.45, 2.75) is 85.0 Å². The van der Waals surface area contributed by atoms with Crippen LogP contribution in [0.3, 0.4) is 0 Å². The number of likely N-dealkylation sites (tertiary alicyclic amines) is 1. The maximum atomic E-state index is 13.9. The van der Waals surface area contributed by atoms with Crippen molar-refractivity contribution in [2.24, 2.45) is 22.7 Å². The summed E-state index contributed by atoms with van der Waals surface area (Å²) in [5, 5.41) is 9.46. The Morgan fingerprint density at radius 2 is 1.84 bits per heavy atom. The van der Waals surface area contributed by atoms with Gasteiger partial charge in [0, 0.05) is 11.6 Å². The molecular formula is C28H39F3N2O4. The SMILES string of the molecule is CC(C)[C@]1(C(=O)N2COc3ccc(C(F)(F)F)cc3C2)CC[C@@H](N2CCC(CC(C)(C)C(=O)O)CC2)C1. The molecule has 0 unspecified atom stereocenters. The molecule has 1 aromatic carbocycles. The molecule has 1 aliphatic carbocycles. The first kappa shape index (κ1) is 27.7. The van der Waals surface area contributed by atoms with Gasteiger partial charge in [-0.25, -0.2) is 0 Å². The van der Waals surface area contributed by atoms with E-state index >= 15 is 0 Å². The molecular weight excluding hydrogens is 485 g/mol. The smallest absolute Gasteiger partial charge is 0.416 e. The van der Waals surface area contributed by atoms with Crippen molar-refractivity contribution in [1.29, 1.82) is 0 Å². The number of nitrogens with zero attached hydrogens (tertiary/aromatic N) is 2. The highest BCUT2D eigenvalue weighted by molar-refractivity contribution is 5.83. The molecule has 1 saturated heterocycles. The number of aliphatic carboxylic acids is 1. The van der Waals surface area contributed by atoms with Gasteiger partial charge < -0.3 is 19.6 Å². The second kappa shape index (κ2) is 10.1. The minimum absolute atomic E-state index is 0.0360. The first-order valence-corrected chi connectivity index (χ1v) is 13.3. The fourth-order valence-corrected chi connectivity index (χ4v) is 6.52. The molecule has 0 radical (unpaired) electrons. The Hall–Kier alpha value is -2.29. The zero-order valence-electron chi connectivity index (χ0n) is 22.2. The Kier molecular flexibility index (Phi) is 7.58. The normalized spacial score (nSPS) is 25.7. The zero-order chi connectivity index (χ0) is 27.2. The van der Waals surface area contributed by atoms with Gasteiger partial charge in [0.2, 0.25) is 5.91 Å². The molecule has 2 heterocycles. The number of benzene rings is 1. The third-order valence-corrected chi connectivity index (χ3v) is 9.01. The number of ether oxygens (including phenoxy) is 1. The van der Waals surface area contributed by atoms with Gasteiger partial charge in [-0.3, -0.25) is 9.59 Å². The van der Waals surface area contributed by atoms with Crippen LogP contribution in [0, 0.1) is 22.7 Å². The molecule has 2 aliphatic heterocycles. The average Bonchev–Trinajstić information content (AvgIpc) is 3.29. The Morgan fingerprint density at radius 1 is 1.16 bits per heavy atom. The summed E-state index contributed by atoms with van der Waals surface area (Å²) in [6, 6.07) is 3.71. The molecule has 0 bridgehead atoms. The number of hydrogen-bond donors (Lipinski definition) is 1. The number of alkyl halides is 3. The van der Waals surface area contributed by atoms with Gasteiger partial charge in [-0.2, -0.15) is 13.2 Å². The number of halogens is 3. The van der Waals surface area contributed by atoms with Crippen molar-refractivity contribution >= 4 is 11.9 Å². The summed E-state index contributed by atoms with van der Waals surface area (Å²) >= 11 is 0. The second-order valence-corrected chi connectivity index (χ2v) is 12.2. The monoisotopic (exact) mass is 524 g/mol. The number of fused-ring (bicyclic) bond motifs is 1. The van der Waals surface area contributed by atoms with Gasteiger partial charge in [0.25, 0.3) is 0 Å². The fraction of sp³-hybridized carbons (Fsp3) is 0.714. The van der Waals surface area contributed by atoms with Crippen molar-refractivity contribution in [3.63, 3.8) is 0 Å². The van der Waals surface area contributed by atoms with Crippen LogP contribution < -0.4 is 4.74 Å². The number of carbonyl (C=O) groups excluding carboxylic acids is 1. The summed E-state index contributed by atoms with van der Waals surface area (Å²) < 4.78 is 45.4. The van der Waals surface area contributed by atoms with Gasteiger partial charge in [-0.15, -0.1) is 0 Å². The molecule has 1 saturated carbocycles. The fourth-order valence-electron chi connectivity index (χ4n) is 6.52. The largest absolute Gasteiger partial charge is 0.481 e. The lowest BCUT2D eigenvalue weighted by atomic mass is 9.74. The Labute approximate surface area is 217 Å². The highest BCUT2D eigenvalue weighted by Crippen LogP contribution is 2.49. The summed E-state index contributed by atoms with van der Waals surface area (Å²) in [5.74, 6) is 0.0687. The molecule has 0 spiro atoms. The molecule has 6 nitrogen and oxygen atoms in total. The molecule has 1 aromatic rings. The molecule has 206 valence electrons. The summed E-state index contributed by atoms with van der Waals surface area (Å²) in [6.07, 6.45) is 0.492. The Balaban J connectivity index is 1.41. The molecule has 2 atom stereocenters. The van der Waals surface area contributed by atoms with Crippen molar-refractivity contribution in [3.05, 3.63) is 29.3 Å². The molecule has 2 fully saturated rings. The lowest BCUT2D eigenvalue weighted by Crippen LogP contribution is -2.49. The van der Waals surface area contributed by atoms with E-state index in [1.807, 2.05) is 0 Å². The first-order valence-electron chi connectivity index (χ1n) is 13.3. The number of hydrogen-bond acceptors (Lipinski definition) is 4. The van der Waals surface area contributed by atoms with Crippen LogP contribution in [0.1, 0.15) is 77.3 Å². The van der Waals surface area contributed by atoms with Crippen molar-refractivity contribution < 1.29 is 32.6 Å². The highest BCUT2D eigenvalue weighted by Gasteiger charge is 2.51. The van der Waals surface area contributed by atoms with Gasteiger partial charge in [-0.1, -0.05) is 13.8 Å². The number of piperidine rings is 1. The van der Waals surface area contributed by atoms with Crippen LogP contribution >= 0.6 is 0 Å². The maximum Gasteiger partial charge on any atom is 0.416 e. The van der Waals surface area contributed by atoms with E-state index in [0.29, 0.717) is 23.7 Å². The van der Waals surface area contributed by atoms with E-state index in [2.05, 4.69) is 18.7 Å². The predicted molar refractivity (Wildman–Crippen MR) is 133 cm³/mol. The number of carboxylic acids is 1. The second-order valence-electron chi connectivity index (χ2n) is 12.2. The van der Waals surface area contributed by atoms with Gasteiger partial charge in [-0.05, 0) is 95.5 Å². The molecule has 3 aliphatic rings. The molecule has 0 aromatic heterocycles. The van der Waals surface area contributed by atoms with Crippen LogP contribution in [0.25, 0.3) is 0 Å². The van der Waals surface area contributed by atoms with Crippen molar-refractivity contribution in [2.75, 3.05) is 19.8 Å². The quantitative estimate of drug-likeness (QED) is 0.510. The van der Waals surface area contributed by atoms with Gasteiger partial charge in [0.15, 0.2) is 6.73 Å². The third-order valence-electron chi connectivity index (χ3n) is 9.01. The van der Waals surface area contributed by atoms with Gasteiger partial charge in [0.05, 0.1) is 22.9 Å². The summed E-state index contributed by atoms with van der Waals surface area (Å²) in [5.41, 5.74) is -1.65. The maximum absolute atomic E-state index is 13.9. The van der Waals surface area contributed by atoms with Crippen LogP contribution in [0.5, 0.6) is 5.75 Å². The number of rotatable bonds is 6. The summed E-state index contributed by atoms with van der Waals surface area (Å²) in [6.45, 7) is 9.63. The standard InChI is InChI=1S/C28H39F3N2O4/c1-18(2)27(24(34)33-16-20-13-21(28(29,30)31)5-6-23(20)37-17-33)10-7-22(15-27)32-11-8-19(9-12-32)14-26(3,4)25(35)36/h5-6,13,18-19,22H,7-12,14-17H2,1-4H3,(H,35,36)/t22-,27+/m1/s1. The minimum Gasteiger partial charge on any atom is -0.481 e. The number of carbonyl (C=O) groups is 2. The average molecular weight is 525 g/mol. The highest BCUT2D eigenvalue weighted by atomic mass is 19.4. The van der Waals surface area contributed by atoms with E-state index < -0.39 is 28.5 Å². The van der Waals surface area contributed by atoms with Crippen LogP contribution in [0.4, 0.5) is 13.2 Å². The Bertz CT molecular complexity index is 1020. The van der Waals surface area contributed by atoms with E-state index in [0.717, 1.165) is 57.3 Å². The van der Waals surface area contributed by atoms with E-state index in [1.165, 1.54) is 6.07 Å². The van der Waals surface area contributed by atoms with Gasteiger partial charge in [0.1, 0.15) is 5.75 Å². The molecule has 9 heteroatoms. The van der Waals surface area contributed by atoms with E-state index in [1.54, 1.807) is 18.7 Å². The predicted octanol–water partition coefficient (Wildman–Crippen LogP) is 5.79. The van der Waals surface area contributed by atoms with Crippen LogP contribution in [-0.4, -0.2) is 52.6 Å². The summed E-state index contributed by atoms with van der Waals surface area (Å²) in [7, 11) is 0. The molecule has 4 rings (SSSR count). The van der Waals surface area contributed by atoms with Crippen molar-refractivity contribution in [1.82, 2.24) is 9.80 Å². The van der Waals surface area contributed by atoms with Crippen LogP contribution in [0.2, 0.25) is 0 Å². The molecule has 1 amide bonds. The minimum atomic E-state index is -4.45. The van der Waals surface area contributed by atoms with Crippen LogP contribution in [-0.2, 0) is 22.3 Å².